The number of pyridine rings is 1. The zero-order chi connectivity index (χ0) is 15.8. The first-order chi connectivity index (χ1) is 10.7. The molecule has 1 aromatic carbocycles. The number of hydrogen-bond donors (Lipinski definition) is 1. The van der Waals surface area contributed by atoms with Crippen LogP contribution in [0.25, 0.3) is 0 Å². The lowest BCUT2D eigenvalue weighted by Gasteiger charge is -2.14. The van der Waals surface area contributed by atoms with Gasteiger partial charge in [-0.05, 0) is 30.7 Å². The van der Waals surface area contributed by atoms with Crippen LogP contribution in [0.3, 0.4) is 0 Å². The van der Waals surface area contributed by atoms with E-state index < -0.39 is 12.1 Å². The molecule has 0 amide bonds. The fourth-order valence-corrected chi connectivity index (χ4v) is 1.69. The second-order valence-electron chi connectivity index (χ2n) is 4.45. The number of hydrogen-bond acceptors (Lipinski definition) is 5. The van der Waals surface area contributed by atoms with Gasteiger partial charge in [-0.15, -0.1) is 0 Å². The number of carbonyl (C=O) groups excluding carboxylic acids is 1. The summed E-state index contributed by atoms with van der Waals surface area (Å²) in [4.78, 5) is 20.7. The number of para-hydroxylation sites is 1. The summed E-state index contributed by atoms with van der Waals surface area (Å²) in [5, 5.41) is 3.64. The van der Waals surface area contributed by atoms with Crippen LogP contribution in [0.2, 0.25) is 0 Å². The highest BCUT2D eigenvalue weighted by Crippen LogP contribution is 2.13. The van der Waals surface area contributed by atoms with Crippen LogP contribution in [0.1, 0.15) is 18.9 Å². The Balaban J connectivity index is 1.98. The van der Waals surface area contributed by atoms with Gasteiger partial charge in [0.2, 0.25) is 0 Å². The maximum Gasteiger partial charge on any atom is 0.375 e. The van der Waals surface area contributed by atoms with Crippen LogP contribution in [-0.2, 0) is 9.63 Å². The molecule has 0 radical (unpaired) electrons. The van der Waals surface area contributed by atoms with Gasteiger partial charge >= 0.3 is 5.97 Å². The Labute approximate surface area is 128 Å². The molecule has 1 aromatic heterocycles. The zero-order valence-corrected chi connectivity index (χ0v) is 12.2. The average Bonchev–Trinajstić information content (AvgIpc) is 2.59. The highest BCUT2D eigenvalue weighted by atomic mass is 16.7. The summed E-state index contributed by atoms with van der Waals surface area (Å²) in [5.74, 6) is 0.103. The fourth-order valence-electron chi connectivity index (χ4n) is 1.69. The number of ether oxygens (including phenoxy) is 1. The molecule has 0 unspecified atom stereocenters. The molecule has 0 aliphatic rings. The number of oxime groups is 1. The first-order valence-corrected chi connectivity index (χ1v) is 6.87. The normalized spacial score (nSPS) is 12.5. The Bertz CT molecular complexity index is 630. The third kappa shape index (κ3) is 4.31. The molecule has 2 aromatic rings. The molecular weight excluding hydrogens is 282 g/mol. The minimum absolute atomic E-state index is 0.102. The first-order valence-electron chi connectivity index (χ1n) is 6.87. The standard InChI is InChI=1S/C16H17N3O3/c1-2-14(21-13-6-4-3-5-7-13)16(20)22-19-15(17)12-8-10-18-11-9-12/h3-11,14H,2H2,1H3,(H2,17,19)/t14-/m0/s1. The summed E-state index contributed by atoms with van der Waals surface area (Å²) in [5.41, 5.74) is 6.37. The fraction of sp³-hybridized carbons (Fsp3) is 0.188. The van der Waals surface area contributed by atoms with Crippen molar-refractivity contribution in [2.24, 2.45) is 10.9 Å². The average molecular weight is 299 g/mol. The predicted molar refractivity (Wildman–Crippen MR) is 82.2 cm³/mol. The molecule has 0 saturated heterocycles. The van der Waals surface area contributed by atoms with E-state index in [1.165, 1.54) is 0 Å². The van der Waals surface area contributed by atoms with Gasteiger partial charge in [0.1, 0.15) is 5.75 Å². The molecule has 0 saturated carbocycles. The minimum Gasteiger partial charge on any atom is -0.479 e. The van der Waals surface area contributed by atoms with Crippen LogP contribution in [0.15, 0.2) is 60.0 Å². The molecule has 6 nitrogen and oxygen atoms in total. The van der Waals surface area contributed by atoms with Gasteiger partial charge in [0.25, 0.3) is 0 Å². The summed E-state index contributed by atoms with van der Waals surface area (Å²) >= 11 is 0. The van der Waals surface area contributed by atoms with Crippen LogP contribution >= 0.6 is 0 Å². The van der Waals surface area contributed by atoms with E-state index in [2.05, 4.69) is 10.1 Å². The number of benzene rings is 1. The number of nitrogens with two attached hydrogens (primary N) is 1. The Morgan fingerprint density at radius 1 is 1.23 bits per heavy atom. The van der Waals surface area contributed by atoms with Crippen molar-refractivity contribution in [2.75, 3.05) is 0 Å². The molecule has 0 bridgehead atoms. The number of amidine groups is 1. The third-order valence-corrected chi connectivity index (χ3v) is 2.87. The Morgan fingerprint density at radius 2 is 1.91 bits per heavy atom. The van der Waals surface area contributed by atoms with Gasteiger partial charge in [0.15, 0.2) is 11.9 Å². The third-order valence-electron chi connectivity index (χ3n) is 2.87. The Morgan fingerprint density at radius 3 is 2.55 bits per heavy atom. The minimum atomic E-state index is -0.739. The van der Waals surface area contributed by atoms with Crippen LogP contribution in [0.5, 0.6) is 5.75 Å². The van der Waals surface area contributed by atoms with E-state index in [9.17, 15) is 4.79 Å². The quantitative estimate of drug-likeness (QED) is 0.382. The second-order valence-corrected chi connectivity index (χ2v) is 4.45. The Kier molecular flexibility index (Phi) is 5.48. The van der Waals surface area contributed by atoms with Crippen molar-refractivity contribution in [3.63, 3.8) is 0 Å². The monoisotopic (exact) mass is 299 g/mol. The van der Waals surface area contributed by atoms with E-state index in [4.69, 9.17) is 15.3 Å². The van der Waals surface area contributed by atoms with Gasteiger partial charge in [0.05, 0.1) is 0 Å². The molecule has 1 atom stereocenters. The van der Waals surface area contributed by atoms with Gasteiger partial charge in [-0.25, -0.2) is 4.79 Å². The van der Waals surface area contributed by atoms with Crippen molar-refractivity contribution < 1.29 is 14.4 Å². The molecule has 1 heterocycles. The molecule has 0 fully saturated rings. The molecule has 2 N–H and O–H groups in total. The van der Waals surface area contributed by atoms with Crippen molar-refractivity contribution in [2.45, 2.75) is 19.4 Å². The molecule has 22 heavy (non-hydrogen) atoms. The number of nitrogens with zero attached hydrogens (tertiary/aromatic N) is 2. The molecule has 114 valence electrons. The first kappa shape index (κ1) is 15.5. The van der Waals surface area contributed by atoms with Crippen LogP contribution in [-0.4, -0.2) is 22.9 Å². The zero-order valence-electron chi connectivity index (χ0n) is 12.2. The van der Waals surface area contributed by atoms with Crippen molar-refractivity contribution in [3.8, 4) is 5.75 Å². The number of aromatic nitrogens is 1. The molecule has 0 aliphatic heterocycles. The highest BCUT2D eigenvalue weighted by molar-refractivity contribution is 5.97. The molecule has 6 heteroatoms. The van der Waals surface area contributed by atoms with Crippen molar-refractivity contribution in [1.82, 2.24) is 4.98 Å². The van der Waals surface area contributed by atoms with Gasteiger partial charge in [-0.1, -0.05) is 30.3 Å². The maximum atomic E-state index is 12.0. The molecule has 0 spiro atoms. The predicted octanol–water partition coefficient (Wildman–Crippen LogP) is 2.10. The topological polar surface area (TPSA) is 86.8 Å². The van der Waals surface area contributed by atoms with Gasteiger partial charge in [-0.2, -0.15) is 0 Å². The lowest BCUT2D eigenvalue weighted by atomic mass is 10.2. The van der Waals surface area contributed by atoms with Crippen molar-refractivity contribution in [3.05, 3.63) is 60.4 Å². The number of rotatable bonds is 6. The number of carbonyl (C=O) groups is 1. The molecule has 2 rings (SSSR count). The summed E-state index contributed by atoms with van der Waals surface area (Å²) in [6.07, 6.45) is 2.87. The molecular formula is C16H17N3O3. The van der Waals surface area contributed by atoms with E-state index in [0.29, 0.717) is 17.7 Å². The van der Waals surface area contributed by atoms with Crippen LogP contribution in [0, 0.1) is 0 Å². The summed E-state index contributed by atoms with van der Waals surface area (Å²) in [6.45, 7) is 1.82. The van der Waals surface area contributed by atoms with Gasteiger partial charge in [0, 0.05) is 18.0 Å². The highest BCUT2D eigenvalue weighted by Gasteiger charge is 2.20. The van der Waals surface area contributed by atoms with Crippen molar-refractivity contribution >= 4 is 11.8 Å². The van der Waals surface area contributed by atoms with Crippen LogP contribution < -0.4 is 10.5 Å². The van der Waals surface area contributed by atoms with E-state index in [1.807, 2.05) is 25.1 Å². The smallest absolute Gasteiger partial charge is 0.375 e. The maximum absolute atomic E-state index is 12.0. The second kappa shape index (κ2) is 7.78. The summed E-state index contributed by atoms with van der Waals surface area (Å²) in [6, 6.07) is 12.4. The summed E-state index contributed by atoms with van der Waals surface area (Å²) < 4.78 is 5.57. The van der Waals surface area contributed by atoms with E-state index in [0.717, 1.165) is 0 Å². The SMILES string of the molecule is CC[C@H](Oc1ccccc1)C(=O)O/N=C(/N)c1ccncc1. The van der Waals surface area contributed by atoms with Crippen LogP contribution in [0.4, 0.5) is 0 Å². The Hall–Kier alpha value is -2.89. The van der Waals surface area contributed by atoms with E-state index >= 15 is 0 Å². The van der Waals surface area contributed by atoms with E-state index in [1.54, 1.807) is 36.7 Å². The van der Waals surface area contributed by atoms with Gasteiger partial charge < -0.3 is 15.3 Å². The largest absolute Gasteiger partial charge is 0.479 e. The van der Waals surface area contributed by atoms with Crippen molar-refractivity contribution in [1.29, 1.82) is 0 Å². The van der Waals surface area contributed by atoms with Gasteiger partial charge in [-0.3, -0.25) is 4.98 Å². The summed E-state index contributed by atoms with van der Waals surface area (Å²) in [7, 11) is 0. The lowest BCUT2D eigenvalue weighted by Crippen LogP contribution is -2.28. The lowest BCUT2D eigenvalue weighted by molar-refractivity contribution is -0.152. The molecule has 0 aliphatic carbocycles. The van der Waals surface area contributed by atoms with E-state index in [-0.39, 0.29) is 5.84 Å².